The van der Waals surface area contributed by atoms with E-state index in [1.54, 1.807) is 29.2 Å². The number of piperidine rings is 1. The molecule has 5 heteroatoms. The Morgan fingerprint density at radius 1 is 1.00 bits per heavy atom. The summed E-state index contributed by atoms with van der Waals surface area (Å²) in [6.45, 7) is 1.20. The molecule has 1 saturated heterocycles. The van der Waals surface area contributed by atoms with Gasteiger partial charge in [-0.1, -0.05) is 36.4 Å². The molecule has 0 spiro atoms. The van der Waals surface area contributed by atoms with Crippen LogP contribution in [0.2, 0.25) is 0 Å². The van der Waals surface area contributed by atoms with Gasteiger partial charge in [-0.2, -0.15) is 0 Å². The molecule has 0 aliphatic carbocycles. The van der Waals surface area contributed by atoms with Gasteiger partial charge in [0.25, 0.3) is 0 Å². The number of hydrogen-bond acceptors (Lipinski definition) is 3. The molecule has 0 saturated carbocycles. The topological polar surface area (TPSA) is 75.4 Å². The molecule has 3 rings (SSSR count). The molecular weight excluding hydrogens is 302 g/mol. The molecule has 1 aliphatic heterocycles. The average molecular weight is 323 g/mol. The van der Waals surface area contributed by atoms with Crippen molar-refractivity contribution in [1.29, 1.82) is 0 Å². The molecular formula is C19H21N3O2. The molecule has 1 fully saturated rings. The number of nitrogens with one attached hydrogen (secondary N) is 1. The molecule has 0 unspecified atom stereocenters. The molecule has 124 valence electrons. The van der Waals surface area contributed by atoms with Crippen LogP contribution in [0.1, 0.15) is 24.3 Å². The molecule has 0 atom stereocenters. The Morgan fingerprint density at radius 2 is 1.71 bits per heavy atom. The van der Waals surface area contributed by atoms with Crippen molar-refractivity contribution in [2.75, 3.05) is 24.1 Å². The van der Waals surface area contributed by atoms with Gasteiger partial charge >= 0.3 is 11.8 Å². The third kappa shape index (κ3) is 3.74. The van der Waals surface area contributed by atoms with E-state index in [1.807, 2.05) is 18.2 Å². The van der Waals surface area contributed by atoms with Crippen molar-refractivity contribution in [3.8, 4) is 0 Å². The summed E-state index contributed by atoms with van der Waals surface area (Å²) in [6, 6.07) is 17.1. The van der Waals surface area contributed by atoms with Crippen molar-refractivity contribution in [3.63, 3.8) is 0 Å². The molecule has 24 heavy (non-hydrogen) atoms. The summed E-state index contributed by atoms with van der Waals surface area (Å²) < 4.78 is 0. The minimum absolute atomic E-state index is 0.451. The molecule has 2 amide bonds. The van der Waals surface area contributed by atoms with Gasteiger partial charge in [0.2, 0.25) is 0 Å². The number of hydrogen-bond donors (Lipinski definition) is 2. The standard InChI is InChI=1S/C19H21N3O2/c20-16-7-4-8-17(13-16)21-18(23)19(24)22-11-9-15(10-12-22)14-5-2-1-3-6-14/h1-8,13,15H,9-12,20H2,(H,21,23). The zero-order valence-corrected chi connectivity index (χ0v) is 13.4. The first-order chi connectivity index (χ1) is 11.6. The highest BCUT2D eigenvalue weighted by Crippen LogP contribution is 2.27. The molecule has 1 heterocycles. The third-order valence-electron chi connectivity index (χ3n) is 4.39. The minimum Gasteiger partial charge on any atom is -0.399 e. The summed E-state index contributed by atoms with van der Waals surface area (Å²) in [5, 5.41) is 2.61. The number of carbonyl (C=O) groups is 2. The number of nitrogens with zero attached hydrogens (tertiary/aromatic N) is 1. The number of likely N-dealkylation sites (tertiary alicyclic amines) is 1. The van der Waals surface area contributed by atoms with Gasteiger partial charge in [-0.15, -0.1) is 0 Å². The number of nitrogens with two attached hydrogens (primary N) is 1. The normalized spacial score (nSPS) is 15.1. The van der Waals surface area contributed by atoms with Crippen molar-refractivity contribution in [2.24, 2.45) is 0 Å². The lowest BCUT2D eigenvalue weighted by molar-refractivity contribution is -0.143. The molecule has 5 nitrogen and oxygen atoms in total. The summed E-state index contributed by atoms with van der Waals surface area (Å²) in [6.07, 6.45) is 1.75. The van der Waals surface area contributed by atoms with Crippen LogP contribution in [-0.2, 0) is 9.59 Å². The van der Waals surface area contributed by atoms with Crippen LogP contribution in [0.25, 0.3) is 0 Å². The number of anilines is 2. The fraction of sp³-hybridized carbons (Fsp3) is 0.263. The van der Waals surface area contributed by atoms with Crippen LogP contribution >= 0.6 is 0 Å². The zero-order chi connectivity index (χ0) is 16.9. The monoisotopic (exact) mass is 323 g/mol. The predicted molar refractivity (Wildman–Crippen MR) is 94.5 cm³/mol. The SMILES string of the molecule is Nc1cccc(NC(=O)C(=O)N2CCC(c3ccccc3)CC2)c1. The number of benzene rings is 2. The summed E-state index contributed by atoms with van der Waals surface area (Å²) in [5.41, 5.74) is 8.06. The zero-order valence-electron chi connectivity index (χ0n) is 13.4. The van der Waals surface area contributed by atoms with Crippen LogP contribution in [0.4, 0.5) is 11.4 Å². The highest BCUT2D eigenvalue weighted by molar-refractivity contribution is 6.39. The van der Waals surface area contributed by atoms with Crippen molar-refractivity contribution >= 4 is 23.2 Å². The maximum atomic E-state index is 12.3. The summed E-state index contributed by atoms with van der Waals surface area (Å²) in [7, 11) is 0. The van der Waals surface area contributed by atoms with Gasteiger partial charge in [0.1, 0.15) is 0 Å². The second-order valence-corrected chi connectivity index (χ2v) is 6.06. The second kappa shape index (κ2) is 7.17. The number of amides is 2. The molecule has 2 aromatic carbocycles. The van der Waals surface area contributed by atoms with Gasteiger partial charge in [-0.3, -0.25) is 9.59 Å². The molecule has 0 aromatic heterocycles. The quantitative estimate of drug-likeness (QED) is 0.659. The summed E-state index contributed by atoms with van der Waals surface area (Å²) >= 11 is 0. The van der Waals surface area contributed by atoms with Crippen LogP contribution in [-0.4, -0.2) is 29.8 Å². The smallest absolute Gasteiger partial charge is 0.313 e. The van der Waals surface area contributed by atoms with Crippen molar-refractivity contribution in [1.82, 2.24) is 4.90 Å². The molecule has 2 aromatic rings. The lowest BCUT2D eigenvalue weighted by Gasteiger charge is -2.31. The lowest BCUT2D eigenvalue weighted by Crippen LogP contribution is -2.43. The fourth-order valence-corrected chi connectivity index (χ4v) is 3.09. The van der Waals surface area contributed by atoms with E-state index >= 15 is 0 Å². The van der Waals surface area contributed by atoms with Crippen molar-refractivity contribution < 1.29 is 9.59 Å². The number of carbonyl (C=O) groups excluding carboxylic acids is 2. The van der Waals surface area contributed by atoms with E-state index in [-0.39, 0.29) is 0 Å². The van der Waals surface area contributed by atoms with Gasteiger partial charge in [0.05, 0.1) is 0 Å². The van der Waals surface area contributed by atoms with Crippen LogP contribution in [0, 0.1) is 0 Å². The highest BCUT2D eigenvalue weighted by Gasteiger charge is 2.27. The Hall–Kier alpha value is -2.82. The number of rotatable bonds is 2. The second-order valence-electron chi connectivity index (χ2n) is 6.06. The fourth-order valence-electron chi connectivity index (χ4n) is 3.09. The third-order valence-corrected chi connectivity index (χ3v) is 4.39. The summed E-state index contributed by atoms with van der Waals surface area (Å²) in [5.74, 6) is -0.644. The molecule has 0 bridgehead atoms. The first-order valence-electron chi connectivity index (χ1n) is 8.14. The van der Waals surface area contributed by atoms with Crippen LogP contribution in [0.5, 0.6) is 0 Å². The average Bonchev–Trinajstić information content (AvgIpc) is 2.62. The van der Waals surface area contributed by atoms with Crippen molar-refractivity contribution in [3.05, 3.63) is 60.2 Å². The largest absolute Gasteiger partial charge is 0.399 e. The Labute approximate surface area is 141 Å². The van der Waals surface area contributed by atoms with Gasteiger partial charge in [-0.05, 0) is 42.5 Å². The minimum atomic E-state index is -0.612. The molecule has 1 aliphatic rings. The van der Waals surface area contributed by atoms with Crippen LogP contribution in [0.15, 0.2) is 54.6 Å². The Bertz CT molecular complexity index is 722. The Morgan fingerprint density at radius 3 is 2.38 bits per heavy atom. The van der Waals surface area contributed by atoms with Crippen LogP contribution in [0.3, 0.4) is 0 Å². The van der Waals surface area contributed by atoms with Crippen LogP contribution < -0.4 is 11.1 Å². The van der Waals surface area contributed by atoms with E-state index in [2.05, 4.69) is 17.4 Å². The van der Waals surface area contributed by atoms with E-state index in [0.29, 0.717) is 30.4 Å². The van der Waals surface area contributed by atoms with Gasteiger partial charge in [0.15, 0.2) is 0 Å². The Balaban J connectivity index is 1.56. The first kappa shape index (κ1) is 16.1. The Kier molecular flexibility index (Phi) is 4.79. The maximum absolute atomic E-state index is 12.3. The molecule has 0 radical (unpaired) electrons. The first-order valence-corrected chi connectivity index (χ1v) is 8.14. The summed E-state index contributed by atoms with van der Waals surface area (Å²) in [4.78, 5) is 26.1. The van der Waals surface area contributed by atoms with E-state index in [4.69, 9.17) is 5.73 Å². The van der Waals surface area contributed by atoms with Crippen molar-refractivity contribution in [2.45, 2.75) is 18.8 Å². The lowest BCUT2D eigenvalue weighted by atomic mass is 9.89. The van der Waals surface area contributed by atoms with Gasteiger partial charge in [0, 0.05) is 24.5 Å². The van der Waals surface area contributed by atoms with Gasteiger partial charge < -0.3 is 16.0 Å². The van der Waals surface area contributed by atoms with Gasteiger partial charge in [-0.25, -0.2) is 0 Å². The van der Waals surface area contributed by atoms with E-state index in [0.717, 1.165) is 12.8 Å². The predicted octanol–water partition coefficient (Wildman–Crippen LogP) is 2.61. The maximum Gasteiger partial charge on any atom is 0.313 e. The van der Waals surface area contributed by atoms with E-state index in [9.17, 15) is 9.59 Å². The number of nitrogen functional groups attached to an aromatic ring is 1. The van der Waals surface area contributed by atoms with E-state index < -0.39 is 11.8 Å². The molecule has 3 N–H and O–H groups in total. The van der Waals surface area contributed by atoms with E-state index in [1.165, 1.54) is 5.56 Å². The highest BCUT2D eigenvalue weighted by atomic mass is 16.2.